The van der Waals surface area contributed by atoms with Crippen LogP contribution < -0.4 is 10.9 Å². The number of amides is 2. The summed E-state index contributed by atoms with van der Waals surface area (Å²) in [5, 5.41) is 2.48. The molecule has 2 aliphatic rings. The summed E-state index contributed by atoms with van der Waals surface area (Å²) in [6.45, 7) is 1.37. The number of rotatable bonds is 5. The highest BCUT2D eigenvalue weighted by Crippen LogP contribution is 2.35. The number of pyridine rings is 1. The van der Waals surface area contributed by atoms with Crippen LogP contribution in [0.4, 0.5) is 13.2 Å². The molecule has 170 valence electrons. The summed E-state index contributed by atoms with van der Waals surface area (Å²) < 4.78 is 41.0. The van der Waals surface area contributed by atoms with Gasteiger partial charge in [-0.25, -0.2) is 0 Å². The minimum Gasteiger partial charge on any atom is -0.352 e. The molecule has 0 radical (unpaired) electrons. The van der Waals surface area contributed by atoms with Crippen LogP contribution in [0.15, 0.2) is 47.3 Å². The van der Waals surface area contributed by atoms with Crippen LogP contribution in [0.5, 0.6) is 0 Å². The number of likely N-dealkylation sites (tertiary alicyclic amines) is 1. The SMILES string of the molecule is O=C(CCC(=O)N1C[C@H]2C[C@@H](C1)c1cccc(=O)n1C2)NCc1ccccc1C(F)(F)F. The van der Waals surface area contributed by atoms with Crippen LogP contribution in [0.25, 0.3) is 0 Å². The van der Waals surface area contributed by atoms with Gasteiger partial charge in [0.25, 0.3) is 5.56 Å². The second-order valence-corrected chi connectivity index (χ2v) is 8.43. The maximum atomic E-state index is 13.1. The summed E-state index contributed by atoms with van der Waals surface area (Å²) in [7, 11) is 0. The van der Waals surface area contributed by atoms with E-state index in [1.807, 2.05) is 6.07 Å². The maximum absolute atomic E-state index is 13.1. The van der Waals surface area contributed by atoms with Crippen LogP contribution >= 0.6 is 0 Å². The molecule has 2 aliphatic heterocycles. The Labute approximate surface area is 183 Å². The fourth-order valence-electron chi connectivity index (χ4n) is 4.71. The molecule has 2 aromatic rings. The van der Waals surface area contributed by atoms with Crippen LogP contribution in [0.2, 0.25) is 0 Å². The Hall–Kier alpha value is -3.10. The van der Waals surface area contributed by atoms with E-state index < -0.39 is 17.6 Å². The molecule has 1 N–H and O–H groups in total. The van der Waals surface area contributed by atoms with Crippen molar-refractivity contribution in [1.82, 2.24) is 14.8 Å². The normalized spacial score (nSPS) is 19.9. The van der Waals surface area contributed by atoms with Gasteiger partial charge >= 0.3 is 6.18 Å². The van der Waals surface area contributed by atoms with Gasteiger partial charge in [-0.2, -0.15) is 13.2 Å². The highest BCUT2D eigenvalue weighted by molar-refractivity contribution is 5.83. The standard InChI is InChI=1S/C23H24F3N3O3/c24-23(25,26)18-5-2-1-4-16(18)11-27-20(30)8-9-21(31)28-12-15-10-17(14-28)19-6-3-7-22(32)29(19)13-15/h1-7,15,17H,8-14H2,(H,27,30)/t15-,17+/m1/s1. The molecule has 9 heteroatoms. The van der Waals surface area contributed by atoms with Crippen molar-refractivity contribution in [2.24, 2.45) is 5.92 Å². The van der Waals surface area contributed by atoms with E-state index in [2.05, 4.69) is 5.32 Å². The van der Waals surface area contributed by atoms with E-state index in [-0.39, 0.29) is 48.3 Å². The fraction of sp³-hybridized carbons (Fsp3) is 0.435. The molecule has 1 fully saturated rings. The smallest absolute Gasteiger partial charge is 0.352 e. The predicted octanol–water partition coefficient (Wildman–Crippen LogP) is 2.91. The summed E-state index contributed by atoms with van der Waals surface area (Å²) in [5.74, 6) is -0.340. The molecule has 1 aromatic carbocycles. The number of halogens is 3. The van der Waals surface area contributed by atoms with Crippen LogP contribution in [-0.2, 0) is 28.9 Å². The zero-order valence-electron chi connectivity index (χ0n) is 17.4. The first-order valence-electron chi connectivity index (χ1n) is 10.6. The number of nitrogens with one attached hydrogen (secondary N) is 1. The lowest BCUT2D eigenvalue weighted by Crippen LogP contribution is -2.49. The molecule has 3 heterocycles. The van der Waals surface area contributed by atoms with Crippen molar-refractivity contribution in [3.8, 4) is 0 Å². The quantitative estimate of drug-likeness (QED) is 0.766. The van der Waals surface area contributed by atoms with Gasteiger partial charge in [0, 0.05) is 56.7 Å². The van der Waals surface area contributed by atoms with E-state index in [0.717, 1.165) is 18.2 Å². The number of carbonyl (C=O) groups is 2. The molecule has 2 amide bonds. The van der Waals surface area contributed by atoms with Gasteiger partial charge in [0.1, 0.15) is 0 Å². The Morgan fingerprint density at radius 1 is 1.00 bits per heavy atom. The summed E-state index contributed by atoms with van der Waals surface area (Å²) in [5.41, 5.74) is 0.112. The largest absolute Gasteiger partial charge is 0.416 e. The molecule has 1 saturated heterocycles. The monoisotopic (exact) mass is 447 g/mol. The van der Waals surface area contributed by atoms with Gasteiger partial charge in [-0.3, -0.25) is 14.4 Å². The lowest BCUT2D eigenvalue weighted by atomic mass is 9.83. The molecule has 2 atom stereocenters. The van der Waals surface area contributed by atoms with E-state index in [0.29, 0.717) is 19.6 Å². The van der Waals surface area contributed by atoms with Gasteiger partial charge in [0.2, 0.25) is 11.8 Å². The molecular weight excluding hydrogens is 423 g/mol. The van der Waals surface area contributed by atoms with Crippen molar-refractivity contribution in [3.05, 3.63) is 69.6 Å². The lowest BCUT2D eigenvalue weighted by Gasteiger charge is -2.42. The molecule has 4 rings (SSSR count). The zero-order chi connectivity index (χ0) is 22.9. The predicted molar refractivity (Wildman–Crippen MR) is 111 cm³/mol. The van der Waals surface area contributed by atoms with Crippen LogP contribution in [0.1, 0.15) is 42.0 Å². The Morgan fingerprint density at radius 2 is 1.78 bits per heavy atom. The van der Waals surface area contributed by atoms with Crippen molar-refractivity contribution < 1.29 is 22.8 Å². The number of piperidine rings is 1. The third-order valence-electron chi connectivity index (χ3n) is 6.20. The highest BCUT2D eigenvalue weighted by atomic mass is 19.4. The Kier molecular flexibility index (Phi) is 6.08. The summed E-state index contributed by atoms with van der Waals surface area (Å²) in [4.78, 5) is 38.7. The topological polar surface area (TPSA) is 71.4 Å². The lowest BCUT2D eigenvalue weighted by molar-refractivity contribution is -0.138. The number of nitrogens with zero attached hydrogens (tertiary/aromatic N) is 2. The number of aromatic nitrogens is 1. The van der Waals surface area contributed by atoms with Crippen molar-refractivity contribution >= 4 is 11.8 Å². The Morgan fingerprint density at radius 3 is 2.56 bits per heavy atom. The molecule has 32 heavy (non-hydrogen) atoms. The van der Waals surface area contributed by atoms with E-state index >= 15 is 0 Å². The number of hydrogen-bond donors (Lipinski definition) is 1. The summed E-state index contributed by atoms with van der Waals surface area (Å²) in [6.07, 6.45) is -3.66. The van der Waals surface area contributed by atoms with Gasteiger partial charge in [-0.1, -0.05) is 24.3 Å². The Balaban J connectivity index is 1.30. The summed E-state index contributed by atoms with van der Waals surface area (Å²) in [6, 6.07) is 10.3. The highest BCUT2D eigenvalue weighted by Gasteiger charge is 2.36. The van der Waals surface area contributed by atoms with Gasteiger partial charge < -0.3 is 14.8 Å². The molecule has 0 unspecified atom stereocenters. The third-order valence-corrected chi connectivity index (χ3v) is 6.20. The number of carbonyl (C=O) groups excluding carboxylic acids is 2. The van der Waals surface area contributed by atoms with Gasteiger partial charge in [-0.05, 0) is 30.0 Å². The van der Waals surface area contributed by atoms with Gasteiger partial charge in [-0.15, -0.1) is 0 Å². The molecular formula is C23H24F3N3O3. The first-order valence-corrected chi connectivity index (χ1v) is 10.6. The average Bonchev–Trinajstić information content (AvgIpc) is 2.76. The molecule has 2 bridgehead atoms. The van der Waals surface area contributed by atoms with E-state index in [9.17, 15) is 27.6 Å². The average molecular weight is 447 g/mol. The Bertz CT molecular complexity index is 1080. The molecule has 0 aliphatic carbocycles. The second kappa shape index (κ2) is 8.80. The maximum Gasteiger partial charge on any atom is 0.416 e. The zero-order valence-corrected chi connectivity index (χ0v) is 17.4. The van der Waals surface area contributed by atoms with Crippen molar-refractivity contribution in [2.45, 2.75) is 44.4 Å². The molecule has 6 nitrogen and oxygen atoms in total. The summed E-state index contributed by atoms with van der Waals surface area (Å²) >= 11 is 0. The number of alkyl halides is 3. The van der Waals surface area contributed by atoms with Crippen LogP contribution in [0, 0.1) is 5.92 Å². The molecule has 1 aromatic heterocycles. The number of fused-ring (bicyclic) bond motifs is 4. The first-order chi connectivity index (χ1) is 15.2. The fourth-order valence-corrected chi connectivity index (χ4v) is 4.71. The minimum absolute atomic E-state index is 0.00616. The first kappa shape index (κ1) is 22.1. The van der Waals surface area contributed by atoms with Crippen molar-refractivity contribution in [1.29, 1.82) is 0 Å². The minimum atomic E-state index is -4.49. The number of hydrogen-bond acceptors (Lipinski definition) is 3. The van der Waals surface area contributed by atoms with Crippen LogP contribution in [-0.4, -0.2) is 34.4 Å². The number of benzene rings is 1. The van der Waals surface area contributed by atoms with E-state index in [1.165, 1.54) is 18.2 Å². The molecule has 0 spiro atoms. The van der Waals surface area contributed by atoms with E-state index in [4.69, 9.17) is 0 Å². The van der Waals surface area contributed by atoms with Gasteiger partial charge in [0.15, 0.2) is 0 Å². The third kappa shape index (κ3) is 4.71. The molecule has 0 saturated carbocycles. The second-order valence-electron chi connectivity index (χ2n) is 8.43. The van der Waals surface area contributed by atoms with Gasteiger partial charge in [0.05, 0.1) is 5.56 Å². The van der Waals surface area contributed by atoms with Crippen LogP contribution in [0.3, 0.4) is 0 Å². The van der Waals surface area contributed by atoms with Crippen molar-refractivity contribution in [2.75, 3.05) is 13.1 Å². The van der Waals surface area contributed by atoms with Crippen molar-refractivity contribution in [3.63, 3.8) is 0 Å². The van der Waals surface area contributed by atoms with E-state index in [1.54, 1.807) is 21.6 Å².